The quantitative estimate of drug-likeness (QED) is 0.371. The highest BCUT2D eigenvalue weighted by Gasteiger charge is 2.47. The SMILES string of the molecule is COc1ccc(C(O)=C2C(=O)C(=O)N(Cc3cccnc3)[C@@H]2c2ccco2)cc1OC. The number of benzene rings is 1. The molecule has 1 amide bonds. The van der Waals surface area contributed by atoms with Crippen LogP contribution in [0, 0.1) is 0 Å². The van der Waals surface area contributed by atoms with Crippen molar-refractivity contribution in [3.63, 3.8) is 0 Å². The fourth-order valence-corrected chi connectivity index (χ4v) is 3.61. The Morgan fingerprint density at radius 1 is 1.13 bits per heavy atom. The predicted molar refractivity (Wildman–Crippen MR) is 110 cm³/mol. The molecule has 1 atom stereocenters. The minimum atomic E-state index is -0.886. The average molecular weight is 420 g/mol. The largest absolute Gasteiger partial charge is 0.507 e. The Morgan fingerprint density at radius 3 is 2.58 bits per heavy atom. The fraction of sp³-hybridized carbons (Fsp3) is 0.174. The second kappa shape index (κ2) is 8.35. The lowest BCUT2D eigenvalue weighted by atomic mass is 9.99. The number of pyridine rings is 1. The lowest BCUT2D eigenvalue weighted by Crippen LogP contribution is -2.29. The van der Waals surface area contributed by atoms with Crippen LogP contribution in [-0.4, -0.2) is 40.9 Å². The number of amides is 1. The van der Waals surface area contributed by atoms with Crippen molar-refractivity contribution < 1.29 is 28.6 Å². The van der Waals surface area contributed by atoms with Gasteiger partial charge in [0.05, 0.1) is 26.1 Å². The topological polar surface area (TPSA) is 102 Å². The van der Waals surface area contributed by atoms with E-state index in [1.54, 1.807) is 54.9 Å². The maximum atomic E-state index is 13.0. The molecule has 1 aromatic carbocycles. The van der Waals surface area contributed by atoms with Crippen LogP contribution >= 0.6 is 0 Å². The summed E-state index contributed by atoms with van der Waals surface area (Å²) in [4.78, 5) is 31.3. The number of ketones is 1. The molecule has 8 heteroatoms. The molecule has 158 valence electrons. The number of hydrogen-bond donors (Lipinski definition) is 1. The van der Waals surface area contributed by atoms with Crippen LogP contribution in [0.5, 0.6) is 11.5 Å². The molecule has 0 bridgehead atoms. The number of nitrogens with zero attached hydrogens (tertiary/aromatic N) is 2. The van der Waals surface area contributed by atoms with Crippen LogP contribution in [0.4, 0.5) is 0 Å². The van der Waals surface area contributed by atoms with E-state index >= 15 is 0 Å². The second-order valence-electron chi connectivity index (χ2n) is 6.87. The third-order valence-corrected chi connectivity index (χ3v) is 5.09. The van der Waals surface area contributed by atoms with Gasteiger partial charge in [-0.25, -0.2) is 0 Å². The van der Waals surface area contributed by atoms with Gasteiger partial charge in [0.2, 0.25) is 0 Å². The monoisotopic (exact) mass is 420 g/mol. The number of hydrogen-bond acceptors (Lipinski definition) is 7. The van der Waals surface area contributed by atoms with Crippen molar-refractivity contribution in [2.45, 2.75) is 12.6 Å². The van der Waals surface area contributed by atoms with Gasteiger partial charge in [-0.15, -0.1) is 0 Å². The zero-order valence-corrected chi connectivity index (χ0v) is 16.9. The Hall–Kier alpha value is -4.07. The molecule has 0 radical (unpaired) electrons. The first-order chi connectivity index (χ1) is 15.0. The van der Waals surface area contributed by atoms with E-state index in [-0.39, 0.29) is 17.9 Å². The van der Waals surface area contributed by atoms with Crippen molar-refractivity contribution >= 4 is 17.4 Å². The van der Waals surface area contributed by atoms with Crippen molar-refractivity contribution in [3.05, 3.63) is 83.6 Å². The summed E-state index contributed by atoms with van der Waals surface area (Å²) in [6.45, 7) is 0.131. The van der Waals surface area contributed by atoms with Crippen LogP contribution < -0.4 is 9.47 Å². The summed E-state index contributed by atoms with van der Waals surface area (Å²) in [6.07, 6.45) is 4.70. The molecule has 1 aliphatic heterocycles. The molecular weight excluding hydrogens is 400 g/mol. The molecule has 3 aromatic rings. The predicted octanol–water partition coefficient (Wildman–Crippen LogP) is 3.31. The fourth-order valence-electron chi connectivity index (χ4n) is 3.61. The van der Waals surface area contributed by atoms with E-state index in [4.69, 9.17) is 13.9 Å². The first-order valence-corrected chi connectivity index (χ1v) is 9.48. The Balaban J connectivity index is 1.83. The van der Waals surface area contributed by atoms with Crippen LogP contribution in [0.15, 0.2) is 71.1 Å². The van der Waals surface area contributed by atoms with Crippen molar-refractivity contribution in [2.24, 2.45) is 0 Å². The van der Waals surface area contributed by atoms with Gasteiger partial charge < -0.3 is 23.9 Å². The van der Waals surface area contributed by atoms with Crippen molar-refractivity contribution in [1.29, 1.82) is 0 Å². The Labute approximate surface area is 178 Å². The van der Waals surface area contributed by atoms with E-state index in [9.17, 15) is 14.7 Å². The summed E-state index contributed by atoms with van der Waals surface area (Å²) in [5, 5.41) is 11.1. The van der Waals surface area contributed by atoms with Gasteiger partial charge in [0, 0.05) is 24.5 Å². The highest BCUT2D eigenvalue weighted by molar-refractivity contribution is 6.46. The van der Waals surface area contributed by atoms with Gasteiger partial charge in [-0.3, -0.25) is 14.6 Å². The van der Waals surface area contributed by atoms with Crippen molar-refractivity contribution in [2.75, 3.05) is 14.2 Å². The summed E-state index contributed by atoms with van der Waals surface area (Å²) < 4.78 is 16.0. The number of aliphatic hydroxyl groups excluding tert-OH is 1. The molecule has 1 saturated heterocycles. The maximum absolute atomic E-state index is 13.0. The lowest BCUT2D eigenvalue weighted by molar-refractivity contribution is -0.140. The molecule has 0 aliphatic carbocycles. The number of carbonyl (C=O) groups is 2. The summed E-state index contributed by atoms with van der Waals surface area (Å²) in [6, 6.07) is 10.7. The smallest absolute Gasteiger partial charge is 0.296 e. The first-order valence-electron chi connectivity index (χ1n) is 9.48. The minimum absolute atomic E-state index is 0.0592. The minimum Gasteiger partial charge on any atom is -0.507 e. The normalized spacial score (nSPS) is 17.7. The molecule has 0 saturated carbocycles. The van der Waals surface area contributed by atoms with Gasteiger partial charge in [0.1, 0.15) is 17.6 Å². The molecule has 2 aromatic heterocycles. The maximum Gasteiger partial charge on any atom is 0.296 e. The van der Waals surface area contributed by atoms with Crippen molar-refractivity contribution in [3.8, 4) is 11.5 Å². The molecule has 31 heavy (non-hydrogen) atoms. The van der Waals surface area contributed by atoms with E-state index < -0.39 is 17.7 Å². The highest BCUT2D eigenvalue weighted by atomic mass is 16.5. The number of aliphatic hydroxyl groups is 1. The Bertz CT molecular complexity index is 1140. The zero-order chi connectivity index (χ0) is 22.0. The van der Waals surface area contributed by atoms with Gasteiger partial charge in [-0.1, -0.05) is 6.07 Å². The van der Waals surface area contributed by atoms with Gasteiger partial charge in [0.15, 0.2) is 11.5 Å². The van der Waals surface area contributed by atoms with Gasteiger partial charge in [-0.05, 0) is 42.0 Å². The van der Waals surface area contributed by atoms with Crippen LogP contribution in [0.25, 0.3) is 5.76 Å². The summed E-state index contributed by atoms with van der Waals surface area (Å²) in [5.41, 5.74) is 0.997. The van der Waals surface area contributed by atoms with Gasteiger partial charge in [0.25, 0.3) is 11.7 Å². The number of aromatic nitrogens is 1. The van der Waals surface area contributed by atoms with Gasteiger partial charge >= 0.3 is 0 Å². The highest BCUT2D eigenvalue weighted by Crippen LogP contribution is 2.41. The van der Waals surface area contributed by atoms with E-state index in [2.05, 4.69) is 4.98 Å². The average Bonchev–Trinajstić information content (AvgIpc) is 3.41. The molecule has 3 heterocycles. The third-order valence-electron chi connectivity index (χ3n) is 5.09. The summed E-state index contributed by atoms with van der Waals surface area (Å²) in [5.74, 6) is -0.631. The van der Waals surface area contributed by atoms with Gasteiger partial charge in [-0.2, -0.15) is 0 Å². The number of ether oxygens (including phenoxy) is 2. The standard InChI is InChI=1S/C23H20N2O6/c1-29-16-8-7-15(11-18(16)30-2)21(26)19-20(17-6-4-10-31-17)25(23(28)22(19)27)13-14-5-3-9-24-12-14/h3-12,20,26H,13H2,1-2H3/t20-/m1/s1. The second-order valence-corrected chi connectivity index (χ2v) is 6.87. The molecular formula is C23H20N2O6. The molecule has 0 spiro atoms. The summed E-state index contributed by atoms with van der Waals surface area (Å²) in [7, 11) is 2.97. The molecule has 1 aliphatic rings. The third kappa shape index (κ3) is 3.63. The zero-order valence-electron chi connectivity index (χ0n) is 16.9. The first kappa shape index (κ1) is 20.2. The summed E-state index contributed by atoms with van der Waals surface area (Å²) >= 11 is 0. The van der Waals surface area contributed by atoms with Crippen LogP contribution in [0.2, 0.25) is 0 Å². The van der Waals surface area contributed by atoms with E-state index in [1.807, 2.05) is 0 Å². The molecule has 8 nitrogen and oxygen atoms in total. The van der Waals surface area contributed by atoms with E-state index in [0.717, 1.165) is 5.56 Å². The van der Waals surface area contributed by atoms with Crippen LogP contribution in [-0.2, 0) is 16.1 Å². The van der Waals surface area contributed by atoms with Crippen LogP contribution in [0.1, 0.15) is 22.9 Å². The number of carbonyl (C=O) groups excluding carboxylic acids is 2. The number of likely N-dealkylation sites (tertiary alicyclic amines) is 1. The molecule has 4 rings (SSSR count). The Morgan fingerprint density at radius 2 is 1.94 bits per heavy atom. The van der Waals surface area contributed by atoms with E-state index in [0.29, 0.717) is 22.8 Å². The number of rotatable bonds is 6. The van der Waals surface area contributed by atoms with Crippen LogP contribution in [0.3, 0.4) is 0 Å². The van der Waals surface area contributed by atoms with Crippen molar-refractivity contribution in [1.82, 2.24) is 9.88 Å². The Kier molecular flexibility index (Phi) is 5.44. The molecule has 1 fully saturated rings. The molecule has 1 N–H and O–H groups in total. The number of methoxy groups -OCH3 is 2. The van der Waals surface area contributed by atoms with E-state index in [1.165, 1.54) is 25.4 Å². The number of furan rings is 1. The lowest BCUT2D eigenvalue weighted by Gasteiger charge is -2.23. The molecule has 0 unspecified atom stereocenters. The number of Topliss-reactive ketones (excluding diaryl/α,β-unsaturated/α-hetero) is 1.